The van der Waals surface area contributed by atoms with E-state index in [9.17, 15) is 9.90 Å². The minimum absolute atomic E-state index is 0.0994. The second-order valence-electron chi connectivity index (χ2n) is 4.34. The van der Waals surface area contributed by atoms with Gasteiger partial charge in [-0.15, -0.1) is 0 Å². The maximum atomic E-state index is 11.8. The third-order valence-electron chi connectivity index (χ3n) is 2.88. The predicted octanol–water partition coefficient (Wildman–Crippen LogP) is 1.08. The van der Waals surface area contributed by atoms with E-state index in [0.29, 0.717) is 31.5 Å². The molecular weight excluding hydrogens is 228 g/mol. The van der Waals surface area contributed by atoms with Crippen molar-refractivity contribution in [1.29, 1.82) is 0 Å². The van der Waals surface area contributed by atoms with Crippen LogP contribution in [-0.4, -0.2) is 30.2 Å². The highest BCUT2D eigenvalue weighted by Gasteiger charge is 2.06. The van der Waals surface area contributed by atoms with Gasteiger partial charge in [-0.2, -0.15) is 0 Å². The monoisotopic (exact) mass is 250 g/mol. The summed E-state index contributed by atoms with van der Waals surface area (Å²) in [5.41, 5.74) is 7.24. The van der Waals surface area contributed by atoms with Gasteiger partial charge in [-0.1, -0.05) is 19.1 Å². The van der Waals surface area contributed by atoms with E-state index in [1.54, 1.807) is 12.1 Å². The molecule has 0 aliphatic carbocycles. The van der Waals surface area contributed by atoms with Gasteiger partial charge in [0.1, 0.15) is 0 Å². The Bertz CT molecular complexity index is 363. The second kappa shape index (κ2) is 7.84. The lowest BCUT2D eigenvalue weighted by molar-refractivity contribution is 0.0942. The molecule has 0 aliphatic rings. The van der Waals surface area contributed by atoms with Gasteiger partial charge in [0.2, 0.25) is 0 Å². The molecule has 0 radical (unpaired) electrons. The Labute approximate surface area is 108 Å². The number of rotatable bonds is 7. The number of nitrogens with one attached hydrogen (secondary N) is 1. The Hall–Kier alpha value is -1.39. The van der Waals surface area contributed by atoms with Crippen molar-refractivity contribution in [2.75, 3.05) is 13.1 Å². The molecule has 100 valence electrons. The van der Waals surface area contributed by atoms with Crippen LogP contribution in [0.25, 0.3) is 0 Å². The number of nitrogens with two attached hydrogens (primary N) is 1. The molecule has 0 aromatic heterocycles. The lowest BCUT2D eigenvalue weighted by Crippen LogP contribution is -2.27. The van der Waals surface area contributed by atoms with Crippen LogP contribution in [0.5, 0.6) is 0 Å². The molecule has 1 aromatic carbocycles. The van der Waals surface area contributed by atoms with E-state index in [1.807, 2.05) is 19.1 Å². The molecule has 0 spiro atoms. The first kappa shape index (κ1) is 14.7. The molecule has 4 heteroatoms. The maximum Gasteiger partial charge on any atom is 0.251 e. The average Bonchev–Trinajstić information content (AvgIpc) is 2.39. The summed E-state index contributed by atoms with van der Waals surface area (Å²) in [6, 6.07) is 7.44. The molecule has 0 saturated carbocycles. The van der Waals surface area contributed by atoms with Crippen molar-refractivity contribution in [3.05, 3.63) is 35.4 Å². The first-order chi connectivity index (χ1) is 8.67. The Morgan fingerprint density at radius 2 is 2.06 bits per heavy atom. The quantitative estimate of drug-likeness (QED) is 0.678. The van der Waals surface area contributed by atoms with Crippen LogP contribution in [0.4, 0.5) is 0 Å². The lowest BCUT2D eigenvalue weighted by atomic mass is 10.1. The molecule has 1 atom stereocenters. The molecule has 18 heavy (non-hydrogen) atoms. The minimum Gasteiger partial charge on any atom is -0.393 e. The van der Waals surface area contributed by atoms with E-state index < -0.39 is 0 Å². The molecular formula is C14H22N2O2. The molecule has 1 rings (SSSR count). The van der Waals surface area contributed by atoms with Crippen molar-refractivity contribution in [2.45, 2.75) is 32.3 Å². The number of carbonyl (C=O) groups is 1. The fourth-order valence-electron chi connectivity index (χ4n) is 1.65. The zero-order valence-electron chi connectivity index (χ0n) is 10.9. The average molecular weight is 250 g/mol. The number of hydrogen-bond donors (Lipinski definition) is 3. The first-order valence-corrected chi connectivity index (χ1v) is 6.42. The summed E-state index contributed by atoms with van der Waals surface area (Å²) in [5.74, 6) is -0.0994. The van der Waals surface area contributed by atoms with Crippen molar-refractivity contribution in [3.8, 4) is 0 Å². The normalized spacial score (nSPS) is 12.2. The van der Waals surface area contributed by atoms with Crippen LogP contribution in [0.3, 0.4) is 0 Å². The maximum absolute atomic E-state index is 11.8. The van der Waals surface area contributed by atoms with Gasteiger partial charge in [0.25, 0.3) is 5.91 Å². The van der Waals surface area contributed by atoms with Crippen molar-refractivity contribution in [2.24, 2.45) is 5.73 Å². The largest absolute Gasteiger partial charge is 0.393 e. The van der Waals surface area contributed by atoms with E-state index in [1.165, 1.54) is 0 Å². The highest BCUT2D eigenvalue weighted by molar-refractivity contribution is 5.94. The molecule has 4 N–H and O–H groups in total. The third-order valence-corrected chi connectivity index (χ3v) is 2.88. The predicted molar refractivity (Wildman–Crippen MR) is 72.4 cm³/mol. The molecule has 0 heterocycles. The summed E-state index contributed by atoms with van der Waals surface area (Å²) in [6.45, 7) is 3.03. The van der Waals surface area contributed by atoms with Gasteiger partial charge >= 0.3 is 0 Å². The molecule has 1 aromatic rings. The summed E-state index contributed by atoms with van der Waals surface area (Å²) < 4.78 is 0. The molecule has 0 aliphatic heterocycles. The van der Waals surface area contributed by atoms with Crippen molar-refractivity contribution < 1.29 is 9.90 Å². The Kier molecular flexibility index (Phi) is 6.39. The van der Waals surface area contributed by atoms with Gasteiger partial charge in [0.15, 0.2) is 0 Å². The van der Waals surface area contributed by atoms with Gasteiger partial charge in [-0.05, 0) is 43.5 Å². The van der Waals surface area contributed by atoms with Crippen molar-refractivity contribution in [1.82, 2.24) is 5.32 Å². The number of amides is 1. The number of carbonyl (C=O) groups excluding carboxylic acids is 1. The number of benzene rings is 1. The number of aliphatic hydroxyl groups is 1. The van der Waals surface area contributed by atoms with E-state index >= 15 is 0 Å². The lowest BCUT2D eigenvalue weighted by Gasteiger charge is -2.09. The molecule has 0 saturated heterocycles. The molecule has 4 nitrogen and oxygen atoms in total. The Morgan fingerprint density at radius 1 is 1.39 bits per heavy atom. The van der Waals surface area contributed by atoms with E-state index in [0.717, 1.165) is 12.0 Å². The van der Waals surface area contributed by atoms with Crippen LogP contribution in [-0.2, 0) is 6.42 Å². The van der Waals surface area contributed by atoms with E-state index in [2.05, 4.69) is 5.32 Å². The van der Waals surface area contributed by atoms with Gasteiger partial charge < -0.3 is 16.2 Å². The second-order valence-corrected chi connectivity index (χ2v) is 4.34. The molecule has 0 fully saturated rings. The van der Waals surface area contributed by atoms with Gasteiger partial charge in [-0.25, -0.2) is 0 Å². The van der Waals surface area contributed by atoms with Crippen LogP contribution in [0.15, 0.2) is 24.3 Å². The zero-order valence-corrected chi connectivity index (χ0v) is 10.9. The van der Waals surface area contributed by atoms with E-state index in [-0.39, 0.29) is 12.0 Å². The SMILES string of the molecule is CCC(O)CCNC(=O)c1ccc(CCN)cc1. The van der Waals surface area contributed by atoms with E-state index in [4.69, 9.17) is 5.73 Å². The van der Waals surface area contributed by atoms with Crippen LogP contribution in [0.1, 0.15) is 35.7 Å². The Morgan fingerprint density at radius 3 is 2.61 bits per heavy atom. The van der Waals surface area contributed by atoms with Gasteiger partial charge in [0, 0.05) is 12.1 Å². The van der Waals surface area contributed by atoms with Crippen LogP contribution in [0.2, 0.25) is 0 Å². The van der Waals surface area contributed by atoms with Crippen molar-refractivity contribution >= 4 is 5.91 Å². The Balaban J connectivity index is 2.41. The summed E-state index contributed by atoms with van der Waals surface area (Å²) in [5, 5.41) is 12.2. The number of aliphatic hydroxyl groups excluding tert-OH is 1. The fraction of sp³-hybridized carbons (Fsp3) is 0.500. The summed E-state index contributed by atoms with van der Waals surface area (Å²) in [7, 11) is 0. The van der Waals surface area contributed by atoms with Gasteiger partial charge in [-0.3, -0.25) is 4.79 Å². The highest BCUT2D eigenvalue weighted by atomic mass is 16.3. The van der Waals surface area contributed by atoms with Gasteiger partial charge in [0.05, 0.1) is 6.10 Å². The van der Waals surface area contributed by atoms with Crippen molar-refractivity contribution in [3.63, 3.8) is 0 Å². The van der Waals surface area contributed by atoms with Crippen LogP contribution in [0, 0.1) is 0 Å². The third kappa shape index (κ3) is 4.85. The first-order valence-electron chi connectivity index (χ1n) is 6.42. The highest BCUT2D eigenvalue weighted by Crippen LogP contribution is 2.05. The van der Waals surface area contributed by atoms with Crippen LogP contribution < -0.4 is 11.1 Å². The smallest absolute Gasteiger partial charge is 0.251 e. The molecule has 1 amide bonds. The van der Waals surface area contributed by atoms with Crippen LogP contribution >= 0.6 is 0 Å². The number of hydrogen-bond acceptors (Lipinski definition) is 3. The summed E-state index contributed by atoms with van der Waals surface area (Å²) in [6.07, 6.45) is 1.79. The summed E-state index contributed by atoms with van der Waals surface area (Å²) in [4.78, 5) is 11.8. The standard InChI is InChI=1S/C14H22N2O2/c1-2-13(17)8-10-16-14(18)12-5-3-11(4-6-12)7-9-15/h3-6,13,17H,2,7-10,15H2,1H3,(H,16,18). The summed E-state index contributed by atoms with van der Waals surface area (Å²) >= 11 is 0. The zero-order chi connectivity index (χ0) is 13.4. The molecule has 0 bridgehead atoms. The fourth-order valence-corrected chi connectivity index (χ4v) is 1.65. The topological polar surface area (TPSA) is 75.3 Å². The minimum atomic E-state index is -0.336. The molecule has 1 unspecified atom stereocenters.